The van der Waals surface area contributed by atoms with Crippen molar-refractivity contribution in [3.05, 3.63) is 57.2 Å². The third-order valence-electron chi connectivity index (χ3n) is 2.87. The standard InChI is InChI=1S/C15H13BrClNO2/c1-9-6-7-10(2)18-15(9)20-8-12-11(14(17)19)4-3-5-13(12)16/h3-7H,8H2,1-2H3. The Labute approximate surface area is 131 Å². The van der Waals surface area contributed by atoms with E-state index in [1.807, 2.05) is 32.0 Å². The SMILES string of the molecule is Cc1ccc(C)c(OCc2c(Br)cccc2C(=O)Cl)n1. The predicted octanol–water partition coefficient (Wildman–Crippen LogP) is 4.42. The minimum absolute atomic E-state index is 0.229. The van der Waals surface area contributed by atoms with Gasteiger partial charge in [0.1, 0.15) is 6.61 Å². The lowest BCUT2D eigenvalue weighted by molar-refractivity contribution is 0.107. The average molecular weight is 355 g/mol. The molecule has 0 aliphatic carbocycles. The van der Waals surface area contributed by atoms with Gasteiger partial charge in [0, 0.05) is 26.9 Å². The molecule has 0 atom stereocenters. The lowest BCUT2D eigenvalue weighted by atomic mass is 10.1. The molecule has 2 rings (SSSR count). The van der Waals surface area contributed by atoms with E-state index < -0.39 is 5.24 Å². The number of ether oxygens (including phenoxy) is 1. The van der Waals surface area contributed by atoms with E-state index in [9.17, 15) is 4.79 Å². The Hall–Kier alpha value is -1.39. The van der Waals surface area contributed by atoms with Gasteiger partial charge in [0.2, 0.25) is 5.88 Å². The third-order valence-corrected chi connectivity index (χ3v) is 3.82. The van der Waals surface area contributed by atoms with Crippen LogP contribution in [0.3, 0.4) is 0 Å². The van der Waals surface area contributed by atoms with Crippen LogP contribution in [0.1, 0.15) is 27.2 Å². The molecule has 0 saturated carbocycles. The van der Waals surface area contributed by atoms with Crippen LogP contribution in [0.15, 0.2) is 34.8 Å². The van der Waals surface area contributed by atoms with E-state index in [1.54, 1.807) is 12.1 Å². The largest absolute Gasteiger partial charge is 0.473 e. The molecule has 0 amide bonds. The highest BCUT2D eigenvalue weighted by Crippen LogP contribution is 2.24. The normalized spacial score (nSPS) is 10.4. The number of carbonyl (C=O) groups excluding carboxylic acids is 1. The van der Waals surface area contributed by atoms with Crippen LogP contribution in [-0.2, 0) is 6.61 Å². The van der Waals surface area contributed by atoms with Crippen molar-refractivity contribution in [2.45, 2.75) is 20.5 Å². The molecule has 104 valence electrons. The fraction of sp³-hybridized carbons (Fsp3) is 0.200. The Kier molecular flexibility index (Phi) is 4.78. The summed E-state index contributed by atoms with van der Waals surface area (Å²) in [6, 6.07) is 9.16. The molecule has 3 nitrogen and oxygen atoms in total. The summed E-state index contributed by atoms with van der Waals surface area (Å²) in [5.74, 6) is 0.564. The summed E-state index contributed by atoms with van der Waals surface area (Å²) in [7, 11) is 0. The van der Waals surface area contributed by atoms with Gasteiger partial charge in [-0.2, -0.15) is 0 Å². The zero-order chi connectivity index (χ0) is 14.7. The van der Waals surface area contributed by atoms with Gasteiger partial charge in [-0.3, -0.25) is 4.79 Å². The van der Waals surface area contributed by atoms with Crippen molar-refractivity contribution in [3.8, 4) is 5.88 Å². The molecule has 5 heteroatoms. The highest BCUT2D eigenvalue weighted by molar-refractivity contribution is 9.10. The van der Waals surface area contributed by atoms with Crippen molar-refractivity contribution in [2.75, 3.05) is 0 Å². The molecule has 20 heavy (non-hydrogen) atoms. The molecule has 0 saturated heterocycles. The van der Waals surface area contributed by atoms with Gasteiger partial charge in [-0.15, -0.1) is 0 Å². The van der Waals surface area contributed by atoms with Crippen LogP contribution in [0.5, 0.6) is 5.88 Å². The van der Waals surface area contributed by atoms with Crippen LogP contribution in [0.4, 0.5) is 0 Å². The molecule has 0 N–H and O–H groups in total. The lowest BCUT2D eigenvalue weighted by Crippen LogP contribution is -2.05. The third kappa shape index (κ3) is 3.38. The van der Waals surface area contributed by atoms with Crippen LogP contribution < -0.4 is 4.74 Å². The molecule has 0 bridgehead atoms. The second kappa shape index (κ2) is 6.37. The van der Waals surface area contributed by atoms with Gasteiger partial charge in [-0.1, -0.05) is 28.1 Å². The Bertz CT molecular complexity index is 658. The van der Waals surface area contributed by atoms with Crippen LogP contribution in [-0.4, -0.2) is 10.2 Å². The van der Waals surface area contributed by atoms with Crippen molar-refractivity contribution in [1.82, 2.24) is 4.98 Å². The molecule has 0 aliphatic heterocycles. The Balaban J connectivity index is 2.27. The number of aryl methyl sites for hydroxylation is 2. The maximum absolute atomic E-state index is 11.4. The summed E-state index contributed by atoms with van der Waals surface area (Å²) in [5.41, 5.74) is 2.98. The van der Waals surface area contributed by atoms with Gasteiger partial charge in [0.05, 0.1) is 0 Å². The monoisotopic (exact) mass is 353 g/mol. The zero-order valence-corrected chi connectivity index (χ0v) is 13.5. The molecule has 0 unspecified atom stereocenters. The molecule has 1 aromatic carbocycles. The fourth-order valence-corrected chi connectivity index (χ4v) is 2.44. The Morgan fingerprint density at radius 2 is 2.05 bits per heavy atom. The van der Waals surface area contributed by atoms with E-state index in [4.69, 9.17) is 16.3 Å². The average Bonchev–Trinajstić information content (AvgIpc) is 2.40. The number of aromatic nitrogens is 1. The van der Waals surface area contributed by atoms with Crippen molar-refractivity contribution in [2.24, 2.45) is 0 Å². The maximum Gasteiger partial charge on any atom is 0.252 e. The summed E-state index contributed by atoms with van der Waals surface area (Å²) in [6.45, 7) is 4.06. The molecule has 1 aromatic heterocycles. The smallest absolute Gasteiger partial charge is 0.252 e. The number of nitrogens with zero attached hydrogens (tertiary/aromatic N) is 1. The topological polar surface area (TPSA) is 39.2 Å². The Morgan fingerprint density at radius 1 is 1.30 bits per heavy atom. The van der Waals surface area contributed by atoms with E-state index in [1.165, 1.54) is 0 Å². The first-order valence-electron chi connectivity index (χ1n) is 6.03. The molecule has 1 heterocycles. The first-order valence-corrected chi connectivity index (χ1v) is 7.20. The second-order valence-corrected chi connectivity index (χ2v) is 5.60. The van der Waals surface area contributed by atoms with Crippen LogP contribution in [0, 0.1) is 13.8 Å². The van der Waals surface area contributed by atoms with Crippen molar-refractivity contribution in [1.29, 1.82) is 0 Å². The van der Waals surface area contributed by atoms with Gasteiger partial charge < -0.3 is 4.74 Å². The lowest BCUT2D eigenvalue weighted by Gasteiger charge is -2.12. The predicted molar refractivity (Wildman–Crippen MR) is 82.4 cm³/mol. The molecular weight excluding hydrogens is 342 g/mol. The van der Waals surface area contributed by atoms with E-state index in [0.29, 0.717) is 11.4 Å². The molecule has 2 aromatic rings. The quantitative estimate of drug-likeness (QED) is 0.763. The first kappa shape index (κ1) is 15.0. The molecule has 0 spiro atoms. The van der Waals surface area contributed by atoms with Gasteiger partial charge in [0.25, 0.3) is 5.24 Å². The highest BCUT2D eigenvalue weighted by atomic mass is 79.9. The van der Waals surface area contributed by atoms with Gasteiger partial charge >= 0.3 is 0 Å². The molecule has 0 radical (unpaired) electrons. The summed E-state index contributed by atoms with van der Waals surface area (Å²) >= 11 is 9.00. The van der Waals surface area contributed by atoms with Crippen molar-refractivity contribution in [3.63, 3.8) is 0 Å². The van der Waals surface area contributed by atoms with E-state index >= 15 is 0 Å². The van der Waals surface area contributed by atoms with Crippen LogP contribution in [0.2, 0.25) is 0 Å². The summed E-state index contributed by atoms with van der Waals surface area (Å²) in [6.07, 6.45) is 0. The van der Waals surface area contributed by atoms with Crippen molar-refractivity contribution >= 4 is 32.8 Å². The van der Waals surface area contributed by atoms with Crippen LogP contribution in [0.25, 0.3) is 0 Å². The highest BCUT2D eigenvalue weighted by Gasteiger charge is 2.13. The minimum atomic E-state index is -0.501. The van der Waals surface area contributed by atoms with Gasteiger partial charge in [-0.05, 0) is 43.6 Å². The fourth-order valence-electron chi connectivity index (χ4n) is 1.78. The van der Waals surface area contributed by atoms with E-state index in [-0.39, 0.29) is 6.61 Å². The number of carbonyl (C=O) groups is 1. The summed E-state index contributed by atoms with van der Waals surface area (Å²) in [4.78, 5) is 15.8. The number of hydrogen-bond acceptors (Lipinski definition) is 3. The number of halogens is 2. The summed E-state index contributed by atoms with van der Waals surface area (Å²) in [5, 5.41) is -0.501. The Morgan fingerprint density at radius 3 is 2.75 bits per heavy atom. The number of rotatable bonds is 4. The van der Waals surface area contributed by atoms with E-state index in [2.05, 4.69) is 20.9 Å². The van der Waals surface area contributed by atoms with Gasteiger partial charge in [0.15, 0.2) is 0 Å². The molecular formula is C15H13BrClNO2. The minimum Gasteiger partial charge on any atom is -0.473 e. The number of pyridine rings is 1. The summed E-state index contributed by atoms with van der Waals surface area (Å²) < 4.78 is 6.51. The van der Waals surface area contributed by atoms with Crippen LogP contribution >= 0.6 is 27.5 Å². The van der Waals surface area contributed by atoms with E-state index in [0.717, 1.165) is 21.3 Å². The van der Waals surface area contributed by atoms with Gasteiger partial charge in [-0.25, -0.2) is 4.98 Å². The molecule has 0 aliphatic rings. The number of benzene rings is 1. The zero-order valence-electron chi connectivity index (χ0n) is 11.1. The molecule has 0 fully saturated rings. The number of hydrogen-bond donors (Lipinski definition) is 0. The second-order valence-electron chi connectivity index (χ2n) is 4.40. The maximum atomic E-state index is 11.4. The van der Waals surface area contributed by atoms with Crippen molar-refractivity contribution < 1.29 is 9.53 Å². The first-order chi connectivity index (χ1) is 9.49.